The third-order valence-corrected chi connectivity index (χ3v) is 21.1. The van der Waals surface area contributed by atoms with E-state index in [0.29, 0.717) is 59.6 Å². The number of alkyl halides is 3. The second-order valence-electron chi connectivity index (χ2n) is 31.0. The fourth-order valence-electron chi connectivity index (χ4n) is 15.9. The Labute approximate surface area is 569 Å². The van der Waals surface area contributed by atoms with E-state index >= 15 is 0 Å². The highest BCUT2D eigenvalue weighted by Crippen LogP contribution is 2.67. The molecule has 6 aliphatic carbocycles. The smallest absolute Gasteiger partial charge is 0.444 e. The lowest BCUT2D eigenvalue weighted by Crippen LogP contribution is -2.65. The summed E-state index contributed by atoms with van der Waals surface area (Å²) in [6, 6.07) is 0.172. The summed E-state index contributed by atoms with van der Waals surface area (Å²) >= 11 is 4.24. The van der Waals surface area contributed by atoms with Crippen LogP contribution in [0.2, 0.25) is 0 Å². The number of hydrogen-bond donors (Lipinski definition) is 5. The Kier molecular flexibility index (Phi) is 29.8. The van der Waals surface area contributed by atoms with Gasteiger partial charge in [0.2, 0.25) is 5.91 Å². The second-order valence-corrected chi connectivity index (χ2v) is 31.0. The second kappa shape index (κ2) is 33.0. The molecule has 12 unspecified atom stereocenters. The van der Waals surface area contributed by atoms with E-state index in [0.717, 1.165) is 68.4 Å². The van der Waals surface area contributed by atoms with Crippen LogP contribution in [0.1, 0.15) is 235 Å². The molecule has 13 aliphatic rings. The van der Waals surface area contributed by atoms with Crippen molar-refractivity contribution in [3.63, 3.8) is 0 Å². The number of ether oxygens (including phenoxy) is 2. The number of carbonyl (C=O) groups is 4. The van der Waals surface area contributed by atoms with Gasteiger partial charge in [-0.05, 0) is 228 Å². The Morgan fingerprint density at radius 3 is 1.58 bits per heavy atom. The zero-order valence-electron chi connectivity index (χ0n) is 58.0. The fraction of sp³-hybridized carbons (Fsp3) is 0.937. The van der Waals surface area contributed by atoms with Gasteiger partial charge in [0, 0.05) is 79.9 Å². The van der Waals surface area contributed by atoms with Gasteiger partial charge in [0.1, 0.15) is 17.2 Å². The largest absolute Gasteiger partial charge is 0.482 e. The average Bonchev–Trinajstić information content (AvgIpc) is 1.32. The summed E-state index contributed by atoms with van der Waals surface area (Å²) in [5.41, 5.74) is -0.367. The van der Waals surface area contributed by atoms with Crippen LogP contribution in [-0.4, -0.2) is 178 Å². The van der Waals surface area contributed by atoms with Crippen LogP contribution >= 0.6 is 49.6 Å². The normalized spacial score (nSPS) is 35.7. The summed E-state index contributed by atoms with van der Waals surface area (Å²) in [4.78, 5) is 52.0. The highest BCUT2D eigenvalue weighted by atomic mass is 128. The molecule has 13 rings (SSSR count). The molecule has 7 heterocycles. The van der Waals surface area contributed by atoms with Crippen molar-refractivity contribution in [2.24, 2.45) is 34.5 Å². The Bertz CT molecular complexity index is 2330. The number of likely N-dealkylation sites (tertiary alicyclic amines) is 3. The van der Waals surface area contributed by atoms with Crippen LogP contribution in [0.3, 0.4) is 0 Å². The van der Waals surface area contributed by atoms with Crippen molar-refractivity contribution in [2.45, 2.75) is 330 Å². The molecule has 520 valence electrons. The average molecular weight is 1530 g/mol. The maximum Gasteiger partial charge on any atom is 0.482 e. The predicted molar refractivity (Wildman–Crippen MR) is 369 cm³/mol. The van der Waals surface area contributed by atoms with Gasteiger partial charge >= 0.3 is 45.6 Å². The van der Waals surface area contributed by atoms with Gasteiger partial charge in [0.05, 0.1) is 35.3 Å². The number of carbonyl (C=O) groups excluding carboxylic acids is 4. The number of hydrogen-bond acceptors (Lipinski definition) is 14. The number of nitrogens with zero attached hydrogens (tertiary/aromatic N) is 3. The van der Waals surface area contributed by atoms with Crippen LogP contribution < -0.4 is 16.0 Å². The Balaban J connectivity index is 0.000000246. The van der Waals surface area contributed by atoms with Gasteiger partial charge in [-0.1, -0.05) is 48.0 Å². The van der Waals surface area contributed by atoms with Gasteiger partial charge in [-0.15, -0.1) is 12.4 Å². The lowest BCUT2D eigenvalue weighted by atomic mass is 9.43. The zero-order chi connectivity index (χ0) is 67.3. The van der Waals surface area contributed by atoms with Crippen molar-refractivity contribution in [2.75, 3.05) is 13.1 Å². The Morgan fingerprint density at radius 1 is 0.678 bits per heavy atom. The summed E-state index contributed by atoms with van der Waals surface area (Å²) in [6.07, 6.45) is 11.2. The minimum Gasteiger partial charge on any atom is -0.444 e. The monoisotopic (exact) mass is 1530 g/mol. The molecule has 90 heavy (non-hydrogen) atoms. The van der Waals surface area contributed by atoms with Crippen molar-refractivity contribution in [1.29, 1.82) is 0 Å². The van der Waals surface area contributed by atoms with E-state index in [-0.39, 0.29) is 79.8 Å². The van der Waals surface area contributed by atoms with Crippen molar-refractivity contribution in [1.82, 2.24) is 30.7 Å². The highest BCUT2D eigenvalue weighted by molar-refractivity contribution is 15.0. The first-order chi connectivity index (χ1) is 41.1. The summed E-state index contributed by atoms with van der Waals surface area (Å²) in [5, 5.41) is 26.9. The Hall–Kier alpha value is -1.11. The molecule has 7 saturated heterocycles. The van der Waals surface area contributed by atoms with Gasteiger partial charge in [-0.2, -0.15) is 13.2 Å². The standard InChI is InChI=1S/C20H34BNO4.C15H26BNO2.C10H16BF3N2O4.C10H19NO2.C5H11N.C3H8.ClH.I2/c1-12-8-9-16(22(12)17(23)24-18(2,3)4)21-25-15-11-13-10-14(19(13,5)6)20(15,7)26-21;1-9-5-6-13(17-9)16-18-12-8-10-7-11(14(10,2)3)15(12,4)19-16;1-5-3-4-7(11(19)20)16(5)8(17)6(2)15-9(18)10(12,13)14;1-8-6-5-7-11(8)9(12)13-10(2,3)4;1-5-3-2-4-6-5;1-3-2;;1-2/h12-16H,8-11H2,1-7H3;9-13,17H,5-8H2,1-4H3;5-7,19-20H,3-4H2,1-2H3,(H,15,18);8H,5-7H2,1-4H3;5-6H,2-4H2,1H3;3H2,1-2H3;1H;/t12?,13?,14?,15-,16?,20+;9?,10?,11?,12-,13?,15+;5?,6-,7?;;;;;/m110...../s1. The topological polar surface area (TPSA) is 210 Å². The number of amides is 4. The first kappa shape index (κ1) is 81.3. The maximum absolute atomic E-state index is 12.8. The first-order valence-corrected chi connectivity index (χ1v) is 39.8. The molecule has 4 amide bonds. The third kappa shape index (κ3) is 19.6. The lowest BCUT2D eigenvalue weighted by Gasteiger charge is -2.64. The van der Waals surface area contributed by atoms with E-state index in [4.69, 9.17) is 28.1 Å². The summed E-state index contributed by atoms with van der Waals surface area (Å²) in [6.45, 7) is 43.3. The first-order valence-electron chi connectivity index (χ1n) is 33.5. The number of rotatable bonds is 5. The molecule has 0 aromatic carbocycles. The van der Waals surface area contributed by atoms with E-state index in [1.807, 2.05) is 51.3 Å². The molecule has 7 aliphatic heterocycles. The van der Waals surface area contributed by atoms with Crippen molar-refractivity contribution < 1.29 is 70.5 Å². The molecule has 13 fully saturated rings. The van der Waals surface area contributed by atoms with E-state index in [1.54, 1.807) is 12.2 Å². The van der Waals surface area contributed by atoms with Gasteiger partial charge in [0.25, 0.3) is 0 Å². The summed E-state index contributed by atoms with van der Waals surface area (Å²) < 4.78 is 73.1. The van der Waals surface area contributed by atoms with Crippen LogP contribution in [0.25, 0.3) is 0 Å². The molecular weight excluding hydrogens is 1410 g/mol. The van der Waals surface area contributed by atoms with E-state index in [1.165, 1.54) is 57.9 Å². The molecule has 27 heteroatoms. The minimum atomic E-state index is -5.07. The molecule has 17 atom stereocenters. The van der Waals surface area contributed by atoms with Crippen LogP contribution in [0, 0.1) is 34.5 Å². The highest BCUT2D eigenvalue weighted by Gasteiger charge is 2.70. The van der Waals surface area contributed by atoms with E-state index in [9.17, 15) is 42.4 Å². The maximum atomic E-state index is 12.8. The molecule has 0 aromatic rings. The van der Waals surface area contributed by atoms with Crippen LogP contribution in [0.5, 0.6) is 0 Å². The molecular formula is C63H115B3ClF3I2N6O12. The Morgan fingerprint density at radius 2 is 1.17 bits per heavy atom. The summed E-state index contributed by atoms with van der Waals surface area (Å²) in [5.74, 6) is -0.712. The number of halogens is 6. The molecule has 6 saturated carbocycles. The molecule has 0 radical (unpaired) electrons. The third-order valence-electron chi connectivity index (χ3n) is 21.1. The molecule has 18 nitrogen and oxygen atoms in total. The zero-order valence-corrected chi connectivity index (χ0v) is 63.2. The van der Waals surface area contributed by atoms with Crippen LogP contribution in [0.4, 0.5) is 22.8 Å². The van der Waals surface area contributed by atoms with Crippen LogP contribution in [-0.2, 0) is 37.7 Å². The van der Waals surface area contributed by atoms with Crippen molar-refractivity contribution >= 4 is 95.0 Å². The molecule has 5 N–H and O–H groups in total. The van der Waals surface area contributed by atoms with Crippen LogP contribution in [0.15, 0.2) is 0 Å². The van der Waals surface area contributed by atoms with Crippen molar-refractivity contribution in [3.8, 4) is 0 Å². The number of nitrogens with one attached hydrogen (secondary N) is 3. The minimum absolute atomic E-state index is 0. The van der Waals surface area contributed by atoms with Crippen molar-refractivity contribution in [3.05, 3.63) is 0 Å². The molecule has 0 spiro atoms. The van der Waals surface area contributed by atoms with Gasteiger partial charge in [-0.3, -0.25) is 9.59 Å². The summed E-state index contributed by atoms with van der Waals surface area (Å²) in [7, 11) is -2.12. The fourth-order valence-corrected chi connectivity index (χ4v) is 15.9. The van der Waals surface area contributed by atoms with E-state index < -0.39 is 42.7 Å². The quantitative estimate of drug-likeness (QED) is 0.128. The van der Waals surface area contributed by atoms with Gasteiger partial charge in [-0.25, -0.2) is 9.59 Å². The van der Waals surface area contributed by atoms with Gasteiger partial charge in [0.15, 0.2) is 0 Å². The molecule has 4 bridgehead atoms. The SMILES string of the molecule is CC1CCC(B(O)O)N1C(=O)[C@H](C)NC(=O)C(F)(F)F.CC1CCC(B2O[C@@H]3CC4CC(C4(C)C)[C@]3(C)O2)N1.CC1CCC(B2O[C@@H]3CC4CC(C4(C)C)[C@]3(C)O2)N1C(=O)OC(C)(C)C.CC1CCCN1.CC1CCCN1C(=O)OC(C)(C)C.CCC.Cl.II. The lowest BCUT2D eigenvalue weighted by molar-refractivity contribution is -0.199. The van der Waals surface area contributed by atoms with E-state index in [2.05, 4.69) is 131 Å². The predicted octanol–water partition coefficient (Wildman–Crippen LogP) is 12.7. The van der Waals surface area contributed by atoms with Gasteiger partial charge < -0.3 is 68.8 Å². The molecule has 0 aromatic heterocycles.